The highest BCUT2D eigenvalue weighted by Gasteiger charge is 2.21. The van der Waals surface area contributed by atoms with Crippen molar-refractivity contribution in [2.75, 3.05) is 0 Å². The van der Waals surface area contributed by atoms with Crippen molar-refractivity contribution in [3.8, 4) is 16.9 Å². The monoisotopic (exact) mass is 240 g/mol. The normalized spacial score (nSPS) is 11.6. The molecule has 0 unspecified atom stereocenters. The fourth-order valence-corrected chi connectivity index (χ4v) is 2.27. The third kappa shape index (κ3) is 2.40. The van der Waals surface area contributed by atoms with Crippen molar-refractivity contribution in [1.29, 1.82) is 0 Å². The third-order valence-electron chi connectivity index (χ3n) is 3.13. The Hall–Kier alpha value is -1.76. The number of hydrogen-bond donors (Lipinski definition) is 1. The van der Waals surface area contributed by atoms with Gasteiger partial charge in [0.25, 0.3) is 0 Å². The summed E-state index contributed by atoms with van der Waals surface area (Å²) in [6.07, 6.45) is 0. The van der Waals surface area contributed by atoms with Gasteiger partial charge in [-0.25, -0.2) is 0 Å². The van der Waals surface area contributed by atoms with Gasteiger partial charge in [0, 0.05) is 5.56 Å². The van der Waals surface area contributed by atoms with E-state index in [9.17, 15) is 5.11 Å². The van der Waals surface area contributed by atoms with Gasteiger partial charge in [0.15, 0.2) is 0 Å². The molecule has 0 fully saturated rings. The second-order valence-corrected chi connectivity index (χ2v) is 5.82. The molecule has 0 aliphatic carbocycles. The maximum atomic E-state index is 10.3. The molecule has 1 heteroatoms. The maximum absolute atomic E-state index is 10.3. The zero-order valence-corrected chi connectivity index (χ0v) is 11.5. The van der Waals surface area contributed by atoms with Crippen LogP contribution in [0.25, 0.3) is 11.1 Å². The van der Waals surface area contributed by atoms with E-state index < -0.39 is 0 Å². The first-order valence-corrected chi connectivity index (χ1v) is 6.29. The Kier molecular flexibility index (Phi) is 3.16. The van der Waals surface area contributed by atoms with Crippen LogP contribution in [-0.4, -0.2) is 5.11 Å². The van der Waals surface area contributed by atoms with Crippen LogP contribution in [0.5, 0.6) is 5.75 Å². The van der Waals surface area contributed by atoms with Gasteiger partial charge in [-0.15, -0.1) is 0 Å². The van der Waals surface area contributed by atoms with Gasteiger partial charge in [0.05, 0.1) is 0 Å². The van der Waals surface area contributed by atoms with Crippen LogP contribution in [0.2, 0.25) is 0 Å². The fraction of sp³-hybridized carbons (Fsp3) is 0.294. The molecule has 0 amide bonds. The van der Waals surface area contributed by atoms with Gasteiger partial charge < -0.3 is 5.11 Å². The summed E-state index contributed by atoms with van der Waals surface area (Å²) in [6, 6.07) is 14.1. The van der Waals surface area contributed by atoms with Gasteiger partial charge in [0.1, 0.15) is 5.75 Å². The van der Waals surface area contributed by atoms with E-state index in [4.69, 9.17) is 0 Å². The maximum Gasteiger partial charge on any atom is 0.123 e. The molecule has 0 spiro atoms. The minimum absolute atomic E-state index is 0.00861. The molecule has 0 heterocycles. The van der Waals surface area contributed by atoms with Gasteiger partial charge in [-0.1, -0.05) is 57.2 Å². The van der Waals surface area contributed by atoms with E-state index in [1.54, 1.807) is 0 Å². The Morgan fingerprint density at radius 2 is 1.56 bits per heavy atom. The van der Waals surface area contributed by atoms with Crippen molar-refractivity contribution in [3.05, 3.63) is 53.6 Å². The molecular formula is C17H20O. The van der Waals surface area contributed by atoms with Gasteiger partial charge in [-0.05, 0) is 35.1 Å². The second-order valence-electron chi connectivity index (χ2n) is 5.82. The Morgan fingerprint density at radius 1 is 0.944 bits per heavy atom. The highest BCUT2D eigenvalue weighted by molar-refractivity contribution is 5.75. The lowest BCUT2D eigenvalue weighted by atomic mass is 9.80. The highest BCUT2D eigenvalue weighted by Crippen LogP contribution is 2.39. The van der Waals surface area contributed by atoms with Crippen LogP contribution in [0.3, 0.4) is 0 Å². The first kappa shape index (κ1) is 12.7. The number of aromatic hydroxyl groups is 1. The summed E-state index contributed by atoms with van der Waals surface area (Å²) in [5, 5.41) is 10.3. The largest absolute Gasteiger partial charge is 0.507 e. The first-order valence-electron chi connectivity index (χ1n) is 6.29. The number of benzene rings is 2. The van der Waals surface area contributed by atoms with Crippen LogP contribution in [0.1, 0.15) is 31.9 Å². The smallest absolute Gasteiger partial charge is 0.123 e. The van der Waals surface area contributed by atoms with E-state index >= 15 is 0 Å². The summed E-state index contributed by atoms with van der Waals surface area (Å²) in [6.45, 7) is 8.54. The molecule has 2 aromatic rings. The van der Waals surface area contributed by atoms with Crippen LogP contribution >= 0.6 is 0 Å². The number of rotatable bonds is 1. The molecule has 0 saturated heterocycles. The van der Waals surface area contributed by atoms with Crippen molar-refractivity contribution in [2.24, 2.45) is 0 Å². The average Bonchev–Trinajstić information content (AvgIpc) is 2.28. The molecule has 1 N–H and O–H groups in total. The van der Waals surface area contributed by atoms with E-state index in [-0.39, 0.29) is 5.41 Å². The van der Waals surface area contributed by atoms with Crippen LogP contribution in [-0.2, 0) is 5.41 Å². The standard InChI is InChI=1S/C17H20O/c1-12-10-14(17(2,3)4)16(15(18)11-12)13-8-6-5-7-9-13/h5-11,18H,1-4H3. The average molecular weight is 240 g/mol. The molecule has 2 rings (SSSR count). The van der Waals surface area contributed by atoms with Gasteiger partial charge >= 0.3 is 0 Å². The zero-order valence-electron chi connectivity index (χ0n) is 11.5. The molecule has 18 heavy (non-hydrogen) atoms. The molecule has 0 radical (unpaired) electrons. The third-order valence-corrected chi connectivity index (χ3v) is 3.13. The van der Waals surface area contributed by atoms with Crippen LogP contribution in [0.15, 0.2) is 42.5 Å². The fourth-order valence-electron chi connectivity index (χ4n) is 2.27. The summed E-state index contributed by atoms with van der Waals surface area (Å²) < 4.78 is 0. The number of aryl methyl sites for hydroxylation is 1. The molecule has 0 aromatic heterocycles. The Labute approximate surface area is 109 Å². The van der Waals surface area contributed by atoms with E-state index in [1.807, 2.05) is 43.3 Å². The minimum Gasteiger partial charge on any atom is -0.507 e. The van der Waals surface area contributed by atoms with E-state index in [0.717, 1.165) is 16.7 Å². The van der Waals surface area contributed by atoms with Crippen LogP contribution in [0.4, 0.5) is 0 Å². The molecule has 0 bridgehead atoms. The minimum atomic E-state index is 0.00861. The number of hydrogen-bond acceptors (Lipinski definition) is 1. The lowest BCUT2D eigenvalue weighted by Gasteiger charge is -2.24. The summed E-state index contributed by atoms with van der Waals surface area (Å²) in [4.78, 5) is 0. The predicted octanol–water partition coefficient (Wildman–Crippen LogP) is 4.67. The molecular weight excluding hydrogens is 220 g/mol. The Bertz CT molecular complexity index is 548. The van der Waals surface area contributed by atoms with Gasteiger partial charge in [-0.3, -0.25) is 0 Å². The van der Waals surface area contributed by atoms with Crippen molar-refractivity contribution in [2.45, 2.75) is 33.1 Å². The van der Waals surface area contributed by atoms with Crippen molar-refractivity contribution < 1.29 is 5.11 Å². The van der Waals surface area contributed by atoms with Crippen LogP contribution in [0, 0.1) is 6.92 Å². The van der Waals surface area contributed by atoms with Crippen molar-refractivity contribution in [3.63, 3.8) is 0 Å². The molecule has 0 aliphatic heterocycles. The predicted molar refractivity (Wildman–Crippen MR) is 77.0 cm³/mol. The lowest BCUT2D eigenvalue weighted by Crippen LogP contribution is -2.13. The van der Waals surface area contributed by atoms with E-state index in [0.29, 0.717) is 5.75 Å². The summed E-state index contributed by atoms with van der Waals surface area (Å²) in [7, 11) is 0. The molecule has 0 atom stereocenters. The lowest BCUT2D eigenvalue weighted by molar-refractivity contribution is 0.473. The Balaban J connectivity index is 2.74. The molecule has 2 aromatic carbocycles. The molecule has 0 aliphatic rings. The van der Waals surface area contributed by atoms with Crippen LogP contribution < -0.4 is 0 Å². The number of phenolic OH excluding ortho intramolecular Hbond substituents is 1. The topological polar surface area (TPSA) is 20.2 Å². The quantitative estimate of drug-likeness (QED) is 0.768. The van der Waals surface area contributed by atoms with E-state index in [2.05, 4.69) is 26.8 Å². The summed E-state index contributed by atoms with van der Waals surface area (Å²) in [5.74, 6) is 0.367. The summed E-state index contributed by atoms with van der Waals surface area (Å²) in [5.41, 5.74) is 4.31. The van der Waals surface area contributed by atoms with Gasteiger partial charge in [-0.2, -0.15) is 0 Å². The molecule has 94 valence electrons. The van der Waals surface area contributed by atoms with E-state index in [1.165, 1.54) is 5.56 Å². The van der Waals surface area contributed by atoms with Crippen molar-refractivity contribution in [1.82, 2.24) is 0 Å². The SMILES string of the molecule is Cc1cc(O)c(-c2ccccc2)c(C(C)(C)C)c1. The number of phenols is 1. The Morgan fingerprint density at radius 3 is 2.11 bits per heavy atom. The zero-order chi connectivity index (χ0) is 13.3. The highest BCUT2D eigenvalue weighted by atomic mass is 16.3. The first-order chi connectivity index (χ1) is 8.39. The van der Waals surface area contributed by atoms with Crippen molar-refractivity contribution >= 4 is 0 Å². The molecule has 0 saturated carbocycles. The summed E-state index contributed by atoms with van der Waals surface area (Å²) >= 11 is 0. The van der Waals surface area contributed by atoms with Gasteiger partial charge in [0.2, 0.25) is 0 Å². The second kappa shape index (κ2) is 4.49. The molecule has 1 nitrogen and oxygen atoms in total.